The van der Waals surface area contributed by atoms with Crippen molar-refractivity contribution in [2.45, 2.75) is 20.3 Å². The lowest BCUT2D eigenvalue weighted by molar-refractivity contribution is -0.125. The molecule has 2 amide bonds. The lowest BCUT2D eigenvalue weighted by Crippen LogP contribution is -2.37. The summed E-state index contributed by atoms with van der Waals surface area (Å²) in [4.78, 5) is 27.7. The van der Waals surface area contributed by atoms with Crippen LogP contribution < -0.4 is 0 Å². The first-order chi connectivity index (χ1) is 12.0. The second-order valence-electron chi connectivity index (χ2n) is 6.52. The van der Waals surface area contributed by atoms with Crippen molar-refractivity contribution in [3.05, 3.63) is 41.7 Å². The maximum Gasteiger partial charge on any atom is 0.409 e. The van der Waals surface area contributed by atoms with Crippen LogP contribution in [0.2, 0.25) is 0 Å². The highest BCUT2D eigenvalue weighted by Gasteiger charge is 2.22. The van der Waals surface area contributed by atoms with E-state index < -0.39 is 0 Å². The Bertz CT molecular complexity index is 631. The van der Waals surface area contributed by atoms with Crippen LogP contribution in [0.5, 0.6) is 0 Å². The van der Waals surface area contributed by atoms with E-state index in [0.29, 0.717) is 50.7 Å². The van der Waals surface area contributed by atoms with Crippen molar-refractivity contribution in [2.75, 3.05) is 32.8 Å². The first kappa shape index (κ1) is 19.0. The van der Waals surface area contributed by atoms with Gasteiger partial charge in [-0.05, 0) is 36.1 Å². The molecule has 0 bridgehead atoms. The average Bonchev–Trinajstić information content (AvgIpc) is 2.84. The van der Waals surface area contributed by atoms with E-state index >= 15 is 0 Å². The normalized spacial score (nSPS) is 15.5. The molecular weight excluding hydrogens is 323 g/mol. The number of hydrogen-bond acceptors (Lipinski definition) is 3. The van der Waals surface area contributed by atoms with Gasteiger partial charge in [0.05, 0.1) is 6.61 Å². The third-order valence-electron chi connectivity index (χ3n) is 3.87. The Hall–Kier alpha value is -2.37. The van der Waals surface area contributed by atoms with Gasteiger partial charge in [0, 0.05) is 32.3 Å². The summed E-state index contributed by atoms with van der Waals surface area (Å²) in [7, 11) is 0. The van der Waals surface area contributed by atoms with Crippen LogP contribution in [-0.2, 0) is 9.53 Å². The standard InChI is InChI=1S/C19H25FN2O3/c1-15(2)14-25-19(24)22-10-4-9-21(11-12-22)18(23)8-7-16-5-3-6-17(20)13-16/h3,5-8,13,15H,4,9-12,14H2,1-2H3. The molecule has 0 radical (unpaired) electrons. The van der Waals surface area contributed by atoms with Gasteiger partial charge in [-0.25, -0.2) is 9.18 Å². The van der Waals surface area contributed by atoms with Crippen LogP contribution in [0, 0.1) is 11.7 Å². The van der Waals surface area contributed by atoms with E-state index in [-0.39, 0.29) is 17.8 Å². The highest BCUT2D eigenvalue weighted by atomic mass is 19.1. The number of carbonyl (C=O) groups is 2. The summed E-state index contributed by atoms with van der Waals surface area (Å²) < 4.78 is 18.4. The maximum absolute atomic E-state index is 13.2. The van der Waals surface area contributed by atoms with Gasteiger partial charge in [0.15, 0.2) is 0 Å². The topological polar surface area (TPSA) is 49.9 Å². The van der Waals surface area contributed by atoms with Crippen LogP contribution in [0.15, 0.2) is 30.3 Å². The van der Waals surface area contributed by atoms with E-state index in [1.807, 2.05) is 13.8 Å². The summed E-state index contributed by atoms with van der Waals surface area (Å²) in [6.45, 7) is 6.45. The summed E-state index contributed by atoms with van der Waals surface area (Å²) in [5, 5.41) is 0. The zero-order valence-corrected chi connectivity index (χ0v) is 14.8. The Balaban J connectivity index is 1.87. The number of halogens is 1. The van der Waals surface area contributed by atoms with Gasteiger partial charge in [0.25, 0.3) is 0 Å². The molecule has 1 aliphatic heterocycles. The molecular formula is C19H25FN2O3. The Kier molecular flexibility index (Phi) is 6.98. The number of rotatable bonds is 4. The fourth-order valence-corrected chi connectivity index (χ4v) is 2.53. The van der Waals surface area contributed by atoms with Gasteiger partial charge in [-0.1, -0.05) is 26.0 Å². The van der Waals surface area contributed by atoms with Crippen LogP contribution in [-0.4, -0.2) is 54.6 Å². The van der Waals surface area contributed by atoms with Gasteiger partial charge in [-0.15, -0.1) is 0 Å². The largest absolute Gasteiger partial charge is 0.449 e. The molecule has 1 aliphatic rings. The van der Waals surface area contributed by atoms with Gasteiger partial charge in [-0.2, -0.15) is 0 Å². The number of carbonyl (C=O) groups excluding carboxylic acids is 2. The molecule has 1 saturated heterocycles. The number of nitrogens with zero attached hydrogens (tertiary/aromatic N) is 2. The lowest BCUT2D eigenvalue weighted by Gasteiger charge is -2.21. The zero-order valence-electron chi connectivity index (χ0n) is 14.8. The van der Waals surface area contributed by atoms with Crippen molar-refractivity contribution < 1.29 is 18.7 Å². The van der Waals surface area contributed by atoms with Crippen molar-refractivity contribution >= 4 is 18.1 Å². The minimum absolute atomic E-state index is 0.137. The Labute approximate surface area is 148 Å². The highest BCUT2D eigenvalue weighted by molar-refractivity contribution is 5.91. The molecule has 0 N–H and O–H groups in total. The fraction of sp³-hybridized carbons (Fsp3) is 0.474. The van der Waals surface area contributed by atoms with Gasteiger partial charge >= 0.3 is 6.09 Å². The average molecular weight is 348 g/mol. The quantitative estimate of drug-likeness (QED) is 0.786. The molecule has 0 unspecified atom stereocenters. The number of ether oxygens (including phenoxy) is 1. The van der Waals surface area contributed by atoms with E-state index in [1.54, 1.807) is 28.0 Å². The monoisotopic (exact) mass is 348 g/mol. The molecule has 0 spiro atoms. The molecule has 0 aliphatic carbocycles. The van der Waals surface area contributed by atoms with Crippen molar-refractivity contribution in [1.82, 2.24) is 9.80 Å². The van der Waals surface area contributed by atoms with E-state index in [0.717, 1.165) is 0 Å². The number of hydrogen-bond donors (Lipinski definition) is 0. The van der Waals surface area contributed by atoms with Gasteiger partial charge in [0.2, 0.25) is 5.91 Å². The second kappa shape index (κ2) is 9.20. The SMILES string of the molecule is CC(C)COC(=O)N1CCCN(C(=O)C=Cc2cccc(F)c2)CC1. The van der Waals surface area contributed by atoms with E-state index in [4.69, 9.17) is 4.74 Å². The van der Waals surface area contributed by atoms with E-state index in [9.17, 15) is 14.0 Å². The van der Waals surface area contributed by atoms with Crippen LogP contribution >= 0.6 is 0 Å². The van der Waals surface area contributed by atoms with Crippen molar-refractivity contribution in [3.8, 4) is 0 Å². The first-order valence-electron chi connectivity index (χ1n) is 8.60. The predicted octanol–water partition coefficient (Wildman–Crippen LogP) is 3.17. The minimum atomic E-state index is -0.333. The summed E-state index contributed by atoms with van der Waals surface area (Å²) >= 11 is 0. The Morgan fingerprint density at radius 3 is 2.64 bits per heavy atom. The van der Waals surface area contributed by atoms with Crippen LogP contribution in [0.1, 0.15) is 25.8 Å². The summed E-state index contributed by atoms with van der Waals surface area (Å²) in [5.41, 5.74) is 0.641. The van der Waals surface area contributed by atoms with Crippen LogP contribution in [0.25, 0.3) is 6.08 Å². The third-order valence-corrected chi connectivity index (χ3v) is 3.87. The van der Waals surface area contributed by atoms with Crippen molar-refractivity contribution in [2.24, 2.45) is 5.92 Å². The molecule has 6 heteroatoms. The van der Waals surface area contributed by atoms with Crippen molar-refractivity contribution in [1.29, 1.82) is 0 Å². The molecule has 0 saturated carbocycles. The number of amides is 2. The Morgan fingerprint density at radius 1 is 1.20 bits per heavy atom. The smallest absolute Gasteiger partial charge is 0.409 e. The molecule has 1 aromatic rings. The molecule has 5 nitrogen and oxygen atoms in total. The van der Waals surface area contributed by atoms with Gasteiger partial charge in [0.1, 0.15) is 5.82 Å². The molecule has 25 heavy (non-hydrogen) atoms. The van der Waals surface area contributed by atoms with Gasteiger partial charge < -0.3 is 14.5 Å². The maximum atomic E-state index is 13.2. The van der Waals surface area contributed by atoms with Crippen LogP contribution in [0.3, 0.4) is 0 Å². The molecule has 136 valence electrons. The third kappa shape index (κ3) is 6.21. The lowest BCUT2D eigenvalue weighted by atomic mass is 10.2. The fourth-order valence-electron chi connectivity index (χ4n) is 2.53. The summed E-state index contributed by atoms with van der Waals surface area (Å²) in [5.74, 6) is -0.177. The first-order valence-corrected chi connectivity index (χ1v) is 8.60. The second-order valence-corrected chi connectivity index (χ2v) is 6.52. The molecule has 2 rings (SSSR count). The van der Waals surface area contributed by atoms with E-state index in [1.165, 1.54) is 18.2 Å². The van der Waals surface area contributed by atoms with E-state index in [2.05, 4.69) is 0 Å². The van der Waals surface area contributed by atoms with Gasteiger partial charge in [-0.3, -0.25) is 4.79 Å². The molecule has 1 fully saturated rings. The zero-order chi connectivity index (χ0) is 18.2. The molecule has 1 aromatic carbocycles. The van der Waals surface area contributed by atoms with Crippen LogP contribution in [0.4, 0.5) is 9.18 Å². The summed E-state index contributed by atoms with van der Waals surface area (Å²) in [6.07, 6.45) is 3.43. The molecule has 0 aromatic heterocycles. The molecule has 1 heterocycles. The van der Waals surface area contributed by atoms with Crippen molar-refractivity contribution in [3.63, 3.8) is 0 Å². The highest BCUT2D eigenvalue weighted by Crippen LogP contribution is 2.09. The molecule has 0 atom stereocenters. The number of benzene rings is 1. The summed E-state index contributed by atoms with van der Waals surface area (Å²) in [6, 6.07) is 6.08. The predicted molar refractivity (Wildman–Crippen MR) is 94.4 cm³/mol. The minimum Gasteiger partial charge on any atom is -0.449 e. The Morgan fingerprint density at radius 2 is 1.92 bits per heavy atom.